The fourth-order valence-corrected chi connectivity index (χ4v) is 2.62. The van der Waals surface area contributed by atoms with Gasteiger partial charge in [-0.3, -0.25) is 5.32 Å². The van der Waals surface area contributed by atoms with Gasteiger partial charge in [0, 0.05) is 44.1 Å². The number of nitrogens with one attached hydrogen (secondary N) is 1. The molecule has 2 N–H and O–H groups in total. The highest BCUT2D eigenvalue weighted by Gasteiger charge is 2.26. The van der Waals surface area contributed by atoms with Crippen LogP contribution < -0.4 is 5.32 Å². The van der Waals surface area contributed by atoms with E-state index in [2.05, 4.69) is 15.4 Å². The zero-order valence-electron chi connectivity index (χ0n) is 11.8. The van der Waals surface area contributed by atoms with E-state index in [4.69, 9.17) is 16.7 Å². The quantitative estimate of drug-likeness (QED) is 0.902. The molecule has 0 aliphatic carbocycles. The first-order valence-electron chi connectivity index (χ1n) is 7.00. The molecule has 1 fully saturated rings. The van der Waals surface area contributed by atoms with Crippen LogP contribution in [0.15, 0.2) is 30.6 Å². The number of urea groups is 1. The Labute approximate surface area is 132 Å². The van der Waals surface area contributed by atoms with E-state index in [1.807, 2.05) is 0 Å². The number of likely N-dealkylation sites (tertiary alicyclic amines) is 1. The largest absolute Gasteiger partial charge is 0.396 e. The second-order valence-electron chi connectivity index (χ2n) is 5.17. The highest BCUT2D eigenvalue weighted by Crippen LogP contribution is 2.19. The Morgan fingerprint density at radius 3 is 3.09 bits per heavy atom. The lowest BCUT2D eigenvalue weighted by Gasteiger charge is -2.15. The van der Waals surface area contributed by atoms with Crippen molar-refractivity contribution in [1.29, 1.82) is 0 Å². The molecule has 116 valence electrons. The van der Waals surface area contributed by atoms with Gasteiger partial charge in [-0.25, -0.2) is 14.5 Å². The van der Waals surface area contributed by atoms with Crippen molar-refractivity contribution in [3.05, 3.63) is 35.6 Å². The number of carbonyl (C=O) groups is 1. The average molecular weight is 322 g/mol. The van der Waals surface area contributed by atoms with Crippen molar-refractivity contribution >= 4 is 23.4 Å². The maximum atomic E-state index is 12.1. The summed E-state index contributed by atoms with van der Waals surface area (Å²) in [7, 11) is 0. The molecule has 1 atom stereocenters. The minimum atomic E-state index is -0.215. The lowest BCUT2D eigenvalue weighted by atomic mass is 10.1. The van der Waals surface area contributed by atoms with E-state index in [-0.39, 0.29) is 18.6 Å². The van der Waals surface area contributed by atoms with Crippen LogP contribution in [0.1, 0.15) is 6.42 Å². The van der Waals surface area contributed by atoms with Gasteiger partial charge in [-0.1, -0.05) is 11.6 Å². The standard InChI is InChI=1S/C14H16ClN5O2/c15-11-2-1-5-16-13(11)20-7-4-12(18-20)17-14(22)19-6-3-10(8-19)9-21/h1-2,4-5,7,10,21H,3,6,8-9H2,(H,17,18,22). The number of hydrogen-bond donors (Lipinski definition) is 2. The molecule has 1 aliphatic heterocycles. The Morgan fingerprint density at radius 1 is 1.50 bits per heavy atom. The Hall–Kier alpha value is -2.12. The number of anilines is 1. The summed E-state index contributed by atoms with van der Waals surface area (Å²) in [6.07, 6.45) is 4.13. The molecule has 7 nitrogen and oxygen atoms in total. The van der Waals surface area contributed by atoms with Crippen molar-refractivity contribution in [2.45, 2.75) is 6.42 Å². The molecule has 1 unspecified atom stereocenters. The first-order chi connectivity index (χ1) is 10.7. The van der Waals surface area contributed by atoms with Gasteiger partial charge in [0.1, 0.15) is 0 Å². The summed E-state index contributed by atoms with van der Waals surface area (Å²) in [5.74, 6) is 1.10. The molecule has 1 saturated heterocycles. The molecule has 8 heteroatoms. The van der Waals surface area contributed by atoms with Crippen LogP contribution in [0.25, 0.3) is 5.82 Å². The van der Waals surface area contributed by atoms with Crippen LogP contribution in [0.3, 0.4) is 0 Å². The predicted molar refractivity (Wildman–Crippen MR) is 82.2 cm³/mol. The van der Waals surface area contributed by atoms with Crippen molar-refractivity contribution < 1.29 is 9.90 Å². The number of nitrogens with zero attached hydrogens (tertiary/aromatic N) is 4. The predicted octanol–water partition coefficient (Wildman–Crippen LogP) is 1.77. The maximum Gasteiger partial charge on any atom is 0.323 e. The van der Waals surface area contributed by atoms with E-state index in [1.165, 1.54) is 4.68 Å². The highest BCUT2D eigenvalue weighted by atomic mass is 35.5. The number of halogens is 1. The van der Waals surface area contributed by atoms with E-state index in [9.17, 15) is 4.79 Å². The zero-order valence-corrected chi connectivity index (χ0v) is 12.6. The van der Waals surface area contributed by atoms with Gasteiger partial charge in [0.15, 0.2) is 11.6 Å². The second kappa shape index (κ2) is 6.33. The van der Waals surface area contributed by atoms with Crippen LogP contribution in [-0.4, -0.2) is 50.5 Å². The fraction of sp³-hybridized carbons (Fsp3) is 0.357. The van der Waals surface area contributed by atoms with Crippen LogP contribution >= 0.6 is 11.6 Å². The smallest absolute Gasteiger partial charge is 0.323 e. The van der Waals surface area contributed by atoms with Gasteiger partial charge < -0.3 is 10.0 Å². The molecular formula is C14H16ClN5O2. The Balaban J connectivity index is 1.67. The summed E-state index contributed by atoms with van der Waals surface area (Å²) < 4.78 is 1.51. The second-order valence-corrected chi connectivity index (χ2v) is 5.58. The van der Waals surface area contributed by atoms with Gasteiger partial charge >= 0.3 is 6.03 Å². The van der Waals surface area contributed by atoms with Crippen molar-refractivity contribution in [3.8, 4) is 5.82 Å². The first kappa shape index (κ1) is 14.8. The number of rotatable bonds is 3. The van der Waals surface area contributed by atoms with E-state index < -0.39 is 0 Å². The molecule has 0 bridgehead atoms. The number of carbonyl (C=O) groups excluding carboxylic acids is 1. The third kappa shape index (κ3) is 3.05. The summed E-state index contributed by atoms with van der Waals surface area (Å²) in [6, 6.07) is 4.93. The average Bonchev–Trinajstić information content (AvgIpc) is 3.16. The number of amides is 2. The van der Waals surface area contributed by atoms with Gasteiger partial charge in [0.05, 0.1) is 5.02 Å². The summed E-state index contributed by atoms with van der Waals surface area (Å²) >= 11 is 6.07. The highest BCUT2D eigenvalue weighted by molar-refractivity contribution is 6.32. The molecule has 3 heterocycles. The molecule has 3 rings (SSSR count). The monoisotopic (exact) mass is 321 g/mol. The van der Waals surface area contributed by atoms with Gasteiger partial charge in [-0.2, -0.15) is 0 Å². The maximum absolute atomic E-state index is 12.1. The molecule has 2 amide bonds. The number of aliphatic hydroxyl groups is 1. The van der Waals surface area contributed by atoms with Crippen LogP contribution in [0, 0.1) is 5.92 Å². The Morgan fingerprint density at radius 2 is 2.36 bits per heavy atom. The van der Waals surface area contributed by atoms with Crippen LogP contribution in [0.5, 0.6) is 0 Å². The van der Waals surface area contributed by atoms with Crippen molar-refractivity contribution in [2.75, 3.05) is 25.0 Å². The summed E-state index contributed by atoms with van der Waals surface area (Å²) in [5, 5.41) is 16.6. The molecule has 0 aromatic carbocycles. The van der Waals surface area contributed by atoms with Gasteiger partial charge in [-0.05, 0) is 18.6 Å². The first-order valence-corrected chi connectivity index (χ1v) is 7.38. The molecule has 2 aromatic heterocycles. The van der Waals surface area contributed by atoms with Crippen molar-refractivity contribution in [3.63, 3.8) is 0 Å². The summed E-state index contributed by atoms with van der Waals surface area (Å²) in [5.41, 5.74) is 0. The third-order valence-electron chi connectivity index (χ3n) is 3.61. The van der Waals surface area contributed by atoms with Crippen molar-refractivity contribution in [2.24, 2.45) is 5.92 Å². The van der Waals surface area contributed by atoms with Crippen LogP contribution in [0.4, 0.5) is 10.6 Å². The SMILES string of the molecule is O=C(Nc1ccn(-c2ncccc2Cl)n1)N1CCC(CO)C1. The number of hydrogen-bond acceptors (Lipinski definition) is 4. The lowest BCUT2D eigenvalue weighted by Crippen LogP contribution is -2.33. The topological polar surface area (TPSA) is 83.3 Å². The minimum Gasteiger partial charge on any atom is -0.396 e. The number of pyridine rings is 1. The van der Waals surface area contributed by atoms with Crippen LogP contribution in [-0.2, 0) is 0 Å². The van der Waals surface area contributed by atoms with Gasteiger partial charge in [0.25, 0.3) is 0 Å². The van der Waals surface area contributed by atoms with E-state index in [1.54, 1.807) is 35.5 Å². The lowest BCUT2D eigenvalue weighted by molar-refractivity contribution is 0.208. The van der Waals surface area contributed by atoms with Gasteiger partial charge in [-0.15, -0.1) is 5.10 Å². The van der Waals surface area contributed by atoms with Crippen molar-refractivity contribution in [1.82, 2.24) is 19.7 Å². The molecule has 0 spiro atoms. The van der Waals surface area contributed by atoms with Crippen LogP contribution in [0.2, 0.25) is 5.02 Å². The minimum absolute atomic E-state index is 0.108. The molecule has 22 heavy (non-hydrogen) atoms. The fourth-order valence-electron chi connectivity index (χ4n) is 2.41. The number of aromatic nitrogens is 3. The summed E-state index contributed by atoms with van der Waals surface area (Å²) in [6.45, 7) is 1.32. The molecule has 0 saturated carbocycles. The normalized spacial score (nSPS) is 17.7. The molecular weight excluding hydrogens is 306 g/mol. The number of aliphatic hydroxyl groups excluding tert-OH is 1. The van der Waals surface area contributed by atoms with E-state index in [0.717, 1.165) is 6.42 Å². The summed E-state index contributed by atoms with van der Waals surface area (Å²) in [4.78, 5) is 18.0. The molecule has 2 aromatic rings. The third-order valence-corrected chi connectivity index (χ3v) is 3.91. The Kier molecular flexibility index (Phi) is 4.26. The zero-order chi connectivity index (χ0) is 15.5. The Bertz CT molecular complexity index is 675. The van der Waals surface area contributed by atoms with E-state index in [0.29, 0.717) is 29.7 Å². The molecule has 0 radical (unpaired) electrons. The van der Waals surface area contributed by atoms with Gasteiger partial charge in [0.2, 0.25) is 0 Å². The van der Waals surface area contributed by atoms with E-state index >= 15 is 0 Å². The molecule has 1 aliphatic rings.